The van der Waals surface area contributed by atoms with Crippen molar-refractivity contribution >= 4 is 197 Å². The molecule has 0 saturated heterocycles. The Morgan fingerprint density at radius 2 is 0.640 bits per heavy atom. The highest BCUT2D eigenvalue weighted by molar-refractivity contribution is 6.83. The predicted octanol–water partition coefficient (Wildman–Crippen LogP) is 10.4. The van der Waals surface area contributed by atoms with Crippen LogP contribution in [0.2, 0.25) is 0 Å². The minimum atomic E-state index is -2.94. The van der Waals surface area contributed by atoms with Crippen LogP contribution >= 0.6 is 197 Å². The van der Waals surface area contributed by atoms with Crippen LogP contribution in [0, 0.1) is 4.84 Å². The maximum atomic E-state index is 6.29. The Hall–Kier alpha value is 4.93. The fourth-order valence-electron chi connectivity index (χ4n) is 1.22. The molecule has 1 atom stereocenters. The molecule has 0 aliphatic rings. The van der Waals surface area contributed by atoms with Gasteiger partial charge in [0.05, 0.1) is 0 Å². The van der Waals surface area contributed by atoms with Gasteiger partial charge in [0, 0.05) is 0 Å². The molecule has 151 valence electrons. The second kappa shape index (κ2) is 9.05. The van der Waals surface area contributed by atoms with Crippen LogP contribution in [-0.2, 0) is 0 Å². The summed E-state index contributed by atoms with van der Waals surface area (Å²) in [5, 5.41) is 0. The smallest absolute Gasteiger partial charge is 0.109 e. The van der Waals surface area contributed by atoms with Gasteiger partial charge in [-0.05, 0) is 0 Å². The first kappa shape index (κ1) is 29.9. The summed E-state index contributed by atoms with van der Waals surface area (Å²) in [5.41, 5.74) is 0. The lowest BCUT2D eigenvalue weighted by Gasteiger charge is -2.54. The average Bonchev–Trinajstić information content (AvgIpc) is 2.33. The van der Waals surface area contributed by atoms with Gasteiger partial charge in [-0.15, -0.1) is 11.6 Å². The number of hydrogen-bond acceptors (Lipinski definition) is 0. The van der Waals surface area contributed by atoms with Gasteiger partial charge in [0.2, 0.25) is 7.59 Å². The van der Waals surface area contributed by atoms with Crippen LogP contribution in [0.15, 0.2) is 0 Å². The molecule has 0 aromatic carbocycles. The molecule has 0 aliphatic carbocycles. The number of halogens is 17. The number of rotatable bonds is 5. The van der Waals surface area contributed by atoms with Crippen molar-refractivity contribution in [3.05, 3.63) is 4.84 Å². The van der Waals surface area contributed by atoms with Crippen LogP contribution in [-0.4, -0.2) is 29.8 Å². The van der Waals surface area contributed by atoms with Crippen LogP contribution in [0.4, 0.5) is 0 Å². The molecule has 17 heteroatoms. The van der Waals surface area contributed by atoms with Gasteiger partial charge in [-0.25, -0.2) is 0 Å². The fourth-order valence-corrected chi connectivity index (χ4v) is 6.31. The number of alkyl halides is 15. The second-order valence-electron chi connectivity index (χ2n) is 4.21. The van der Waals surface area contributed by atoms with E-state index in [9.17, 15) is 0 Å². The summed E-state index contributed by atoms with van der Waals surface area (Å²) in [6.07, 6.45) is 0. The zero-order valence-corrected chi connectivity index (χ0v) is 23.3. The SMILES string of the molecule is Cl[C](Cl)C(Cl)(C(Cl)(Cl)C(Cl)(Cl)Cl)C(Cl)(Cl)C(Cl)(Cl)C(Cl)(Cl)C(Cl)(Cl)Cl. The van der Waals surface area contributed by atoms with E-state index in [1.165, 1.54) is 0 Å². The van der Waals surface area contributed by atoms with Crippen molar-refractivity contribution in [3.8, 4) is 0 Å². The normalized spacial score (nSPS) is 18.5. The quantitative estimate of drug-likeness (QED) is 0.251. The first-order valence-electron chi connectivity index (χ1n) is 4.96. The molecule has 0 spiro atoms. The van der Waals surface area contributed by atoms with E-state index >= 15 is 0 Å². The molecule has 1 radical (unpaired) electrons. The van der Waals surface area contributed by atoms with E-state index in [-0.39, 0.29) is 0 Å². The Bertz CT molecular complexity index is 480. The highest BCUT2D eigenvalue weighted by Crippen LogP contribution is 2.72. The Kier molecular flexibility index (Phi) is 10.8. The van der Waals surface area contributed by atoms with E-state index in [2.05, 4.69) is 0 Å². The van der Waals surface area contributed by atoms with Gasteiger partial charge < -0.3 is 0 Å². The highest BCUT2D eigenvalue weighted by atomic mass is 35.6. The van der Waals surface area contributed by atoms with Gasteiger partial charge in [-0.3, -0.25) is 0 Å². The van der Waals surface area contributed by atoms with Crippen molar-refractivity contribution in [2.24, 2.45) is 0 Å². The molecule has 1 unspecified atom stereocenters. The molecule has 0 rings (SSSR count). The standard InChI is InChI=1S/C8Cl17/c9-1(10)2(11,4(14,15)7(20,21)22)3(12,13)5(16,17)6(18,19)8(23,24)25. The van der Waals surface area contributed by atoms with Gasteiger partial charge in [0.1, 0.15) is 0 Å². The van der Waals surface area contributed by atoms with Crippen LogP contribution < -0.4 is 0 Å². The average molecular weight is 699 g/mol. The van der Waals surface area contributed by atoms with Crippen LogP contribution in [0.25, 0.3) is 0 Å². The van der Waals surface area contributed by atoms with Crippen LogP contribution in [0.3, 0.4) is 0 Å². The van der Waals surface area contributed by atoms with Crippen molar-refractivity contribution in [3.63, 3.8) is 0 Å². The molecule has 0 saturated carbocycles. The van der Waals surface area contributed by atoms with E-state index in [4.69, 9.17) is 197 Å². The molecular weight excluding hydrogens is 699 g/mol. The monoisotopic (exact) mass is 690 g/mol. The summed E-state index contributed by atoms with van der Waals surface area (Å²) in [6, 6.07) is 0. The molecule has 0 aliphatic heterocycles. The highest BCUT2D eigenvalue weighted by Gasteiger charge is 2.81. The lowest BCUT2D eigenvalue weighted by molar-refractivity contribution is 0.446. The summed E-state index contributed by atoms with van der Waals surface area (Å²) in [6.45, 7) is 0. The Labute approximate surface area is 228 Å². The largest absolute Gasteiger partial charge is 0.226 e. The molecular formula is C8Cl17. The van der Waals surface area contributed by atoms with Crippen LogP contribution in [0.1, 0.15) is 0 Å². The van der Waals surface area contributed by atoms with Gasteiger partial charge >= 0.3 is 0 Å². The first-order chi connectivity index (χ1) is 10.4. The molecule has 25 heavy (non-hydrogen) atoms. The van der Waals surface area contributed by atoms with Gasteiger partial charge in [-0.2, -0.15) is 0 Å². The van der Waals surface area contributed by atoms with Crippen molar-refractivity contribution in [2.75, 3.05) is 0 Å². The lowest BCUT2D eigenvalue weighted by Crippen LogP contribution is -2.70. The van der Waals surface area contributed by atoms with E-state index in [0.29, 0.717) is 0 Å². The minimum absolute atomic E-state index is 0.936. The zero-order valence-electron chi connectivity index (χ0n) is 10.4. The molecule has 0 fully saturated rings. The van der Waals surface area contributed by atoms with Gasteiger partial charge in [0.25, 0.3) is 0 Å². The summed E-state index contributed by atoms with van der Waals surface area (Å²) >= 11 is 101. The van der Waals surface area contributed by atoms with Crippen molar-refractivity contribution in [2.45, 2.75) is 29.8 Å². The van der Waals surface area contributed by atoms with Crippen molar-refractivity contribution in [1.82, 2.24) is 0 Å². The molecule has 0 amide bonds. The minimum Gasteiger partial charge on any atom is -0.109 e. The van der Waals surface area contributed by atoms with E-state index in [1.807, 2.05) is 0 Å². The summed E-state index contributed by atoms with van der Waals surface area (Å²) < 4.78 is -16.5. The Morgan fingerprint density at radius 1 is 0.360 bits per heavy atom. The summed E-state index contributed by atoms with van der Waals surface area (Å²) in [7, 11) is 0. The Morgan fingerprint density at radius 3 is 0.840 bits per heavy atom. The third kappa shape index (κ3) is 4.98. The Balaban J connectivity index is 6.79. The van der Waals surface area contributed by atoms with Gasteiger partial charge in [0.15, 0.2) is 27.0 Å². The summed E-state index contributed by atoms with van der Waals surface area (Å²) in [4.78, 5) is -3.77. The zero-order chi connectivity index (χ0) is 21.1. The first-order valence-corrected chi connectivity index (χ1v) is 11.4. The van der Waals surface area contributed by atoms with E-state index in [0.717, 1.165) is 0 Å². The lowest BCUT2D eigenvalue weighted by atomic mass is 9.96. The van der Waals surface area contributed by atoms with E-state index in [1.54, 1.807) is 0 Å². The van der Waals surface area contributed by atoms with Crippen molar-refractivity contribution < 1.29 is 0 Å². The maximum Gasteiger partial charge on any atom is 0.226 e. The van der Waals surface area contributed by atoms with Gasteiger partial charge in [-0.1, -0.05) is 186 Å². The molecule has 0 bridgehead atoms. The van der Waals surface area contributed by atoms with E-state index < -0.39 is 34.6 Å². The predicted molar refractivity (Wildman–Crippen MR) is 122 cm³/mol. The van der Waals surface area contributed by atoms with Crippen molar-refractivity contribution in [1.29, 1.82) is 0 Å². The molecule has 0 aromatic heterocycles. The number of hydrogen-bond donors (Lipinski definition) is 0. The molecule has 0 heterocycles. The molecule has 0 nitrogen and oxygen atoms in total. The van der Waals surface area contributed by atoms with Crippen LogP contribution in [0.5, 0.6) is 0 Å². The third-order valence-electron chi connectivity index (χ3n) is 2.63. The molecule has 0 N–H and O–H groups in total. The summed E-state index contributed by atoms with van der Waals surface area (Å²) in [5.74, 6) is 0. The third-order valence-corrected chi connectivity index (χ3v) is 12.7. The molecule has 0 aromatic rings. The maximum absolute atomic E-state index is 6.29. The fraction of sp³-hybridized carbons (Fsp3) is 0.875. The topological polar surface area (TPSA) is 0 Å². The second-order valence-corrected chi connectivity index (χ2v) is 15.6.